The van der Waals surface area contributed by atoms with Gasteiger partial charge in [0, 0.05) is 5.23 Å². The number of primary amides is 1. The van der Waals surface area contributed by atoms with Gasteiger partial charge in [0.2, 0.25) is 0 Å². The SMILES string of the molecule is NC(=O)N(O[N+](=O)[O-])O[N+](=O)[O-]. The Balaban J connectivity index is 4.14. The van der Waals surface area contributed by atoms with E-state index in [1.54, 1.807) is 0 Å². The molecule has 0 aromatic heterocycles. The molecule has 0 fully saturated rings. The molecule has 0 aliphatic heterocycles. The normalized spacial score (nSPS) is 8.33. The van der Waals surface area contributed by atoms with E-state index in [-0.39, 0.29) is 0 Å². The van der Waals surface area contributed by atoms with Gasteiger partial charge < -0.3 is 5.73 Å². The molecule has 11 nitrogen and oxygen atoms in total. The molecule has 0 aromatic rings. The van der Waals surface area contributed by atoms with E-state index in [0.717, 1.165) is 0 Å². The Hall–Kier alpha value is -2.33. The van der Waals surface area contributed by atoms with Crippen LogP contribution in [0, 0.1) is 20.2 Å². The highest BCUT2D eigenvalue weighted by Crippen LogP contribution is 1.91. The fourth-order valence-corrected chi connectivity index (χ4v) is 0.216. The van der Waals surface area contributed by atoms with Crippen molar-refractivity contribution >= 4 is 6.03 Å². The van der Waals surface area contributed by atoms with Crippen LogP contribution in [0.2, 0.25) is 0 Å². The van der Waals surface area contributed by atoms with Crippen molar-refractivity contribution in [3.8, 4) is 0 Å². The molecule has 0 rings (SSSR count). The number of hydrogen-bond donors (Lipinski definition) is 1. The van der Waals surface area contributed by atoms with Crippen molar-refractivity contribution in [3.63, 3.8) is 0 Å². The Labute approximate surface area is 63.3 Å². The maximum atomic E-state index is 10.1. The number of nitrogens with zero attached hydrogens (tertiary/aromatic N) is 3. The van der Waals surface area contributed by atoms with Gasteiger partial charge >= 0.3 is 16.2 Å². The molecule has 2 N–H and O–H groups in total. The third kappa shape index (κ3) is 3.65. The zero-order valence-corrected chi connectivity index (χ0v) is 5.28. The first-order chi connectivity index (χ1) is 5.43. The van der Waals surface area contributed by atoms with E-state index in [9.17, 15) is 25.0 Å². The first kappa shape index (κ1) is 9.67. The predicted octanol–water partition coefficient (Wildman–Crippen LogP) is -1.39. The zero-order valence-electron chi connectivity index (χ0n) is 5.28. The fourth-order valence-electron chi connectivity index (χ4n) is 0.216. The molecule has 12 heavy (non-hydrogen) atoms. The number of amides is 2. The van der Waals surface area contributed by atoms with E-state index in [2.05, 4.69) is 15.6 Å². The number of hydroxylamine groups is 2. The minimum Gasteiger partial charge on any atom is -0.348 e. The fraction of sp³-hybridized carbons (Fsp3) is 0. The van der Waals surface area contributed by atoms with Crippen LogP contribution in [0.5, 0.6) is 0 Å². The first-order valence-corrected chi connectivity index (χ1v) is 2.18. The van der Waals surface area contributed by atoms with Gasteiger partial charge in [0.15, 0.2) is 0 Å². The van der Waals surface area contributed by atoms with Crippen LogP contribution >= 0.6 is 0 Å². The molecular formula is CH2N4O7. The van der Waals surface area contributed by atoms with Crippen LogP contribution in [-0.2, 0) is 9.88 Å². The topological polar surface area (TPSA) is 151 Å². The van der Waals surface area contributed by atoms with Gasteiger partial charge in [0.25, 0.3) is 0 Å². The summed E-state index contributed by atoms with van der Waals surface area (Å²) in [5, 5.41) is 15.3. The Morgan fingerprint density at radius 3 is 1.75 bits per heavy atom. The number of carbonyl (C=O) groups excluding carboxylic acids is 1. The van der Waals surface area contributed by atoms with Crippen LogP contribution in [-0.4, -0.2) is 21.4 Å². The third-order valence-corrected chi connectivity index (χ3v) is 0.462. The average Bonchev–Trinajstić information content (AvgIpc) is 1.83. The molecule has 0 unspecified atom stereocenters. The molecule has 0 spiro atoms. The van der Waals surface area contributed by atoms with Crippen LogP contribution in [0.15, 0.2) is 0 Å². The second-order valence-corrected chi connectivity index (χ2v) is 1.21. The van der Waals surface area contributed by atoms with Crippen LogP contribution in [0.4, 0.5) is 4.79 Å². The van der Waals surface area contributed by atoms with Gasteiger partial charge in [-0.05, 0) is 0 Å². The molecular weight excluding hydrogens is 180 g/mol. The summed E-state index contributed by atoms with van der Waals surface area (Å²) in [4.78, 5) is 35.6. The van der Waals surface area contributed by atoms with Crippen molar-refractivity contribution < 1.29 is 24.8 Å². The van der Waals surface area contributed by atoms with Gasteiger partial charge in [0.1, 0.15) is 0 Å². The van der Waals surface area contributed by atoms with E-state index in [1.807, 2.05) is 0 Å². The Morgan fingerprint density at radius 1 is 1.25 bits per heavy atom. The van der Waals surface area contributed by atoms with Crippen molar-refractivity contribution in [3.05, 3.63) is 20.2 Å². The van der Waals surface area contributed by atoms with E-state index < -0.39 is 21.4 Å². The molecule has 0 aliphatic carbocycles. The second-order valence-electron chi connectivity index (χ2n) is 1.21. The lowest BCUT2D eigenvalue weighted by Gasteiger charge is -2.10. The van der Waals surface area contributed by atoms with Gasteiger partial charge in [-0.25, -0.2) is 4.79 Å². The van der Waals surface area contributed by atoms with Gasteiger partial charge in [-0.2, -0.15) is 9.88 Å². The number of urea groups is 1. The van der Waals surface area contributed by atoms with Crippen LogP contribution < -0.4 is 5.73 Å². The summed E-state index contributed by atoms with van der Waals surface area (Å²) in [5.74, 6) is 0. The summed E-state index contributed by atoms with van der Waals surface area (Å²) < 4.78 is 0. The Kier molecular flexibility index (Phi) is 3.02. The van der Waals surface area contributed by atoms with E-state index in [0.29, 0.717) is 0 Å². The predicted molar refractivity (Wildman–Crippen MR) is 27.6 cm³/mol. The molecule has 0 saturated carbocycles. The molecule has 2 amide bonds. The van der Waals surface area contributed by atoms with Crippen LogP contribution in [0.25, 0.3) is 0 Å². The minimum absolute atomic E-state index is 0.694. The third-order valence-electron chi connectivity index (χ3n) is 0.462. The maximum Gasteiger partial charge on any atom is 0.364 e. The summed E-state index contributed by atoms with van der Waals surface area (Å²) >= 11 is 0. The van der Waals surface area contributed by atoms with Crippen molar-refractivity contribution in [1.29, 1.82) is 0 Å². The first-order valence-electron chi connectivity index (χ1n) is 2.18. The van der Waals surface area contributed by atoms with Gasteiger partial charge in [-0.15, -0.1) is 20.2 Å². The van der Waals surface area contributed by atoms with Crippen molar-refractivity contribution in [2.75, 3.05) is 0 Å². The number of rotatable bonds is 4. The quantitative estimate of drug-likeness (QED) is 0.415. The maximum absolute atomic E-state index is 10.1. The van der Waals surface area contributed by atoms with E-state index in [1.165, 1.54) is 0 Å². The molecule has 0 radical (unpaired) electrons. The Bertz CT molecular complexity index is 195. The molecule has 0 aromatic carbocycles. The number of nitrogens with two attached hydrogens (primary N) is 1. The largest absolute Gasteiger partial charge is 0.364 e. The Morgan fingerprint density at radius 2 is 1.58 bits per heavy atom. The lowest BCUT2D eigenvalue weighted by Crippen LogP contribution is -2.39. The summed E-state index contributed by atoms with van der Waals surface area (Å²) in [5.41, 5.74) is 4.36. The standard InChI is InChI=1S/CH2N4O7/c2-1(6)3(11-4(7)8)12-5(9)10/h(H2,2,6). The van der Waals surface area contributed by atoms with Crippen molar-refractivity contribution in [2.45, 2.75) is 0 Å². The summed E-state index contributed by atoms with van der Waals surface area (Å²) in [6.07, 6.45) is 0. The highest BCUT2D eigenvalue weighted by atomic mass is 17.2. The zero-order chi connectivity index (χ0) is 9.72. The average molecular weight is 182 g/mol. The monoisotopic (exact) mass is 182 g/mol. The summed E-state index contributed by atoms with van der Waals surface area (Å²) in [7, 11) is 0. The highest BCUT2D eigenvalue weighted by molar-refractivity contribution is 5.69. The lowest BCUT2D eigenvalue weighted by atomic mass is 11.1. The van der Waals surface area contributed by atoms with E-state index in [4.69, 9.17) is 0 Å². The second kappa shape index (κ2) is 3.75. The smallest absolute Gasteiger partial charge is 0.348 e. The molecule has 0 bridgehead atoms. The van der Waals surface area contributed by atoms with Crippen LogP contribution in [0.1, 0.15) is 0 Å². The van der Waals surface area contributed by atoms with Crippen LogP contribution in [0.3, 0.4) is 0 Å². The molecule has 0 atom stereocenters. The highest BCUT2D eigenvalue weighted by Gasteiger charge is 2.18. The minimum atomic E-state index is -1.64. The molecule has 0 heterocycles. The van der Waals surface area contributed by atoms with Crippen molar-refractivity contribution in [2.24, 2.45) is 5.73 Å². The molecule has 0 saturated heterocycles. The molecule has 11 heteroatoms. The van der Waals surface area contributed by atoms with Gasteiger partial charge in [-0.1, -0.05) is 0 Å². The molecule has 0 aliphatic rings. The number of carbonyl (C=O) groups is 1. The summed E-state index contributed by atoms with van der Waals surface area (Å²) in [6, 6.07) is -1.64. The number of hydrogen-bond acceptors (Lipinski definition) is 7. The molecule has 68 valence electrons. The summed E-state index contributed by atoms with van der Waals surface area (Å²) in [6.45, 7) is 0. The van der Waals surface area contributed by atoms with Crippen molar-refractivity contribution in [1.82, 2.24) is 5.23 Å². The lowest BCUT2D eigenvalue weighted by molar-refractivity contribution is -0.912. The van der Waals surface area contributed by atoms with Gasteiger partial charge in [0.05, 0.1) is 0 Å². The van der Waals surface area contributed by atoms with E-state index >= 15 is 0 Å². The van der Waals surface area contributed by atoms with Gasteiger partial charge in [-0.3, -0.25) is 0 Å².